The van der Waals surface area contributed by atoms with E-state index in [0.29, 0.717) is 31.4 Å². The lowest BCUT2D eigenvalue weighted by Gasteiger charge is -2.56. The number of esters is 3. The van der Waals surface area contributed by atoms with Gasteiger partial charge >= 0.3 is 17.9 Å². The van der Waals surface area contributed by atoms with Crippen LogP contribution in [0.1, 0.15) is 40.0 Å². The molecule has 0 aromatic carbocycles. The van der Waals surface area contributed by atoms with Crippen LogP contribution in [-0.4, -0.2) is 60.1 Å². The van der Waals surface area contributed by atoms with Gasteiger partial charge in [-0.25, -0.2) is 9.59 Å². The number of carbonyl (C=O) groups excluding carboxylic acids is 3. The summed E-state index contributed by atoms with van der Waals surface area (Å²) < 4.78 is 22.4. The molecule has 0 aromatic rings. The van der Waals surface area contributed by atoms with Crippen molar-refractivity contribution in [2.24, 2.45) is 17.3 Å². The van der Waals surface area contributed by atoms with Crippen LogP contribution >= 0.6 is 0 Å². The molecule has 2 heterocycles. The van der Waals surface area contributed by atoms with Crippen LogP contribution in [0.3, 0.4) is 0 Å². The molecule has 164 valence electrons. The highest BCUT2D eigenvalue weighted by atomic mass is 16.6. The van der Waals surface area contributed by atoms with Gasteiger partial charge in [0.1, 0.15) is 18.8 Å². The van der Waals surface area contributed by atoms with Gasteiger partial charge in [0, 0.05) is 23.8 Å². The van der Waals surface area contributed by atoms with Crippen LogP contribution in [0.5, 0.6) is 0 Å². The van der Waals surface area contributed by atoms with E-state index >= 15 is 0 Å². The number of hydrogen-bond acceptors (Lipinski definition) is 8. The highest BCUT2D eigenvalue weighted by Crippen LogP contribution is 2.63. The molecule has 0 amide bonds. The van der Waals surface area contributed by atoms with Gasteiger partial charge in [-0.2, -0.15) is 0 Å². The van der Waals surface area contributed by atoms with Crippen LogP contribution in [0.25, 0.3) is 0 Å². The Hall–Kier alpha value is -2.19. The Kier molecular flexibility index (Phi) is 5.05. The van der Waals surface area contributed by atoms with Crippen molar-refractivity contribution in [3.63, 3.8) is 0 Å². The Labute approximate surface area is 175 Å². The average Bonchev–Trinajstić information content (AvgIpc) is 3.36. The topological polar surface area (TPSA) is 112 Å². The van der Waals surface area contributed by atoms with E-state index in [1.807, 2.05) is 6.92 Å². The third-order valence-corrected chi connectivity index (χ3v) is 7.30. The van der Waals surface area contributed by atoms with Crippen LogP contribution < -0.4 is 0 Å². The van der Waals surface area contributed by atoms with Crippen LogP contribution in [0.4, 0.5) is 0 Å². The van der Waals surface area contributed by atoms with E-state index in [9.17, 15) is 19.5 Å². The van der Waals surface area contributed by atoms with Gasteiger partial charge in [-0.3, -0.25) is 4.79 Å². The number of hydrogen-bond donors (Lipinski definition) is 1. The molecule has 2 aliphatic carbocycles. The molecule has 0 aromatic heterocycles. The first-order valence-corrected chi connectivity index (χ1v) is 10.3. The molecular formula is C22H28O8. The summed E-state index contributed by atoms with van der Waals surface area (Å²) in [6.07, 6.45) is 1.27. The van der Waals surface area contributed by atoms with E-state index in [2.05, 4.69) is 6.58 Å². The summed E-state index contributed by atoms with van der Waals surface area (Å²) in [5.41, 5.74) is -0.520. The van der Waals surface area contributed by atoms with Crippen molar-refractivity contribution in [1.82, 2.24) is 0 Å². The normalized spacial score (nSPS) is 42.3. The molecule has 0 radical (unpaired) electrons. The Morgan fingerprint density at radius 1 is 1.40 bits per heavy atom. The Morgan fingerprint density at radius 3 is 2.70 bits per heavy atom. The number of epoxide rings is 1. The predicted octanol–water partition coefficient (Wildman–Crippen LogP) is 1.46. The molecule has 8 nitrogen and oxygen atoms in total. The van der Waals surface area contributed by atoms with Gasteiger partial charge in [0.2, 0.25) is 0 Å². The van der Waals surface area contributed by atoms with Crippen LogP contribution in [0.2, 0.25) is 0 Å². The fraction of sp³-hybridized carbons (Fsp3) is 0.682. The van der Waals surface area contributed by atoms with E-state index in [-0.39, 0.29) is 18.1 Å². The van der Waals surface area contributed by atoms with E-state index in [4.69, 9.17) is 18.9 Å². The summed E-state index contributed by atoms with van der Waals surface area (Å²) in [6.45, 7) is 9.15. The van der Waals surface area contributed by atoms with E-state index in [1.54, 1.807) is 13.0 Å². The van der Waals surface area contributed by atoms with Gasteiger partial charge in [-0.15, -0.1) is 0 Å². The minimum Gasteiger partial charge on any atom is -0.461 e. The summed E-state index contributed by atoms with van der Waals surface area (Å²) >= 11 is 0. The molecular weight excluding hydrogens is 392 g/mol. The van der Waals surface area contributed by atoms with Crippen molar-refractivity contribution in [1.29, 1.82) is 0 Å². The average molecular weight is 420 g/mol. The molecule has 7 atom stereocenters. The zero-order valence-electron chi connectivity index (χ0n) is 17.5. The zero-order chi connectivity index (χ0) is 21.8. The molecule has 7 unspecified atom stereocenters. The lowest BCUT2D eigenvalue weighted by atomic mass is 9.51. The maximum absolute atomic E-state index is 12.8. The van der Waals surface area contributed by atoms with Crippen molar-refractivity contribution in [3.8, 4) is 0 Å². The molecule has 4 rings (SSSR count). The molecule has 8 heteroatoms. The molecule has 4 aliphatic rings. The molecule has 1 N–H and O–H groups in total. The number of rotatable bonds is 4. The maximum Gasteiger partial charge on any atom is 0.337 e. The van der Waals surface area contributed by atoms with Gasteiger partial charge in [0.25, 0.3) is 0 Å². The first kappa shape index (κ1) is 21.1. The Balaban J connectivity index is 1.59. The Bertz CT molecular complexity index is 825. The van der Waals surface area contributed by atoms with Gasteiger partial charge in [-0.05, 0) is 26.2 Å². The first-order valence-electron chi connectivity index (χ1n) is 10.3. The van der Waals surface area contributed by atoms with Gasteiger partial charge < -0.3 is 24.1 Å². The summed E-state index contributed by atoms with van der Waals surface area (Å²) in [7, 11) is 0. The van der Waals surface area contributed by atoms with Crippen molar-refractivity contribution in [2.45, 2.75) is 63.9 Å². The summed E-state index contributed by atoms with van der Waals surface area (Å²) in [5.74, 6) is -2.21. The van der Waals surface area contributed by atoms with Crippen molar-refractivity contribution in [2.75, 3.05) is 13.2 Å². The molecule has 30 heavy (non-hydrogen) atoms. The molecule has 2 saturated heterocycles. The lowest BCUT2D eigenvalue weighted by molar-refractivity contribution is -0.203. The second-order valence-corrected chi connectivity index (χ2v) is 9.06. The summed E-state index contributed by atoms with van der Waals surface area (Å²) in [5, 5.41) is 10.9. The number of aliphatic hydroxyl groups excluding tert-OH is 1. The molecule has 1 spiro atoms. The second kappa shape index (κ2) is 7.20. The number of fused-ring (bicyclic) bond motifs is 4. The lowest BCUT2D eigenvalue weighted by Crippen LogP contribution is -2.63. The first-order chi connectivity index (χ1) is 14.1. The number of carbonyl (C=O) groups is 3. The van der Waals surface area contributed by atoms with E-state index < -0.39 is 53.2 Å². The van der Waals surface area contributed by atoms with E-state index in [1.165, 1.54) is 6.92 Å². The largest absolute Gasteiger partial charge is 0.461 e. The zero-order valence-corrected chi connectivity index (χ0v) is 17.5. The van der Waals surface area contributed by atoms with Crippen molar-refractivity contribution < 1.29 is 38.4 Å². The fourth-order valence-electron chi connectivity index (χ4n) is 5.76. The minimum absolute atomic E-state index is 0.157. The van der Waals surface area contributed by atoms with Crippen LogP contribution in [0.15, 0.2) is 23.8 Å². The van der Waals surface area contributed by atoms with Gasteiger partial charge in [-0.1, -0.05) is 19.6 Å². The minimum atomic E-state index is -0.826. The van der Waals surface area contributed by atoms with Gasteiger partial charge in [0.15, 0.2) is 0 Å². The standard InChI is InChI=1S/C22H28O8/c1-5-13(9-27-12(3)23)20(26)29-15-6-7-22(10-28-22)18-17-16(11(2)19(25)30-17)14(24)8-21(15,18)4/h5,14-18,24H,2,6-10H2,1,3-4H3. The highest BCUT2D eigenvalue weighted by Gasteiger charge is 2.72. The number of ether oxygens (including phenoxy) is 4. The smallest absolute Gasteiger partial charge is 0.337 e. The summed E-state index contributed by atoms with van der Waals surface area (Å²) in [4.78, 5) is 36.1. The van der Waals surface area contributed by atoms with E-state index in [0.717, 1.165) is 0 Å². The number of allylic oxidation sites excluding steroid dienone is 1. The predicted molar refractivity (Wildman–Crippen MR) is 103 cm³/mol. The molecule has 4 fully saturated rings. The molecule has 0 bridgehead atoms. The monoisotopic (exact) mass is 420 g/mol. The van der Waals surface area contributed by atoms with Crippen LogP contribution in [0, 0.1) is 17.3 Å². The van der Waals surface area contributed by atoms with Crippen molar-refractivity contribution in [3.05, 3.63) is 23.8 Å². The maximum atomic E-state index is 12.8. The SMILES string of the molecule is C=C1C(=O)OC2C1C(O)CC1(C)C(OC(=O)C(=CC)COC(C)=O)CCC3(CO3)C21. The third kappa shape index (κ3) is 3.17. The Morgan fingerprint density at radius 2 is 2.10 bits per heavy atom. The quantitative estimate of drug-likeness (QED) is 0.315. The molecule has 2 saturated carbocycles. The van der Waals surface area contributed by atoms with Crippen LogP contribution in [-0.2, 0) is 33.3 Å². The molecule has 2 aliphatic heterocycles. The summed E-state index contributed by atoms with van der Waals surface area (Å²) in [6, 6.07) is 0. The van der Waals surface area contributed by atoms with Gasteiger partial charge in [0.05, 0.1) is 29.8 Å². The van der Waals surface area contributed by atoms with Crippen molar-refractivity contribution >= 4 is 17.9 Å². The highest BCUT2D eigenvalue weighted by molar-refractivity contribution is 5.91. The third-order valence-electron chi connectivity index (χ3n) is 7.30. The number of aliphatic hydroxyl groups is 1. The fourth-order valence-corrected chi connectivity index (χ4v) is 5.76. The second-order valence-electron chi connectivity index (χ2n) is 9.06.